The third kappa shape index (κ3) is 2.16. The zero-order chi connectivity index (χ0) is 15.9. The molecule has 2 unspecified atom stereocenters. The fourth-order valence-electron chi connectivity index (χ4n) is 4.34. The molecule has 0 aliphatic carbocycles. The highest BCUT2D eigenvalue weighted by atomic mass is 31.1. The van der Waals surface area contributed by atoms with E-state index in [2.05, 4.69) is 89.6 Å². The quantitative estimate of drug-likeness (QED) is 0.616. The molecule has 1 nitrogen and oxygen atoms in total. The van der Waals surface area contributed by atoms with Crippen molar-refractivity contribution in [3.63, 3.8) is 0 Å². The number of rotatable bonds is 3. The summed E-state index contributed by atoms with van der Waals surface area (Å²) in [7, 11) is -0.481. The summed E-state index contributed by atoms with van der Waals surface area (Å²) in [5.74, 6) is 0. The molecule has 0 N–H and O–H groups in total. The van der Waals surface area contributed by atoms with Crippen LogP contribution in [0.5, 0.6) is 0 Å². The molecule has 2 atom stereocenters. The van der Waals surface area contributed by atoms with Gasteiger partial charge in [-0.25, -0.2) is 0 Å². The first-order valence-corrected chi connectivity index (χ1v) is 10.0. The molecular formula is C22H20NP. The van der Waals surface area contributed by atoms with Crippen molar-refractivity contribution in [3.8, 4) is 0 Å². The highest BCUT2D eigenvalue weighted by Crippen LogP contribution is 2.62. The predicted octanol–water partition coefficient (Wildman–Crippen LogP) is 4.93. The first kappa shape index (κ1) is 14.4. The fraction of sp³-hybridized carbons (Fsp3) is 0.182. The van der Waals surface area contributed by atoms with Gasteiger partial charge >= 0.3 is 0 Å². The summed E-state index contributed by atoms with van der Waals surface area (Å²) < 4.78 is 2.82. The molecule has 2 heteroatoms. The van der Waals surface area contributed by atoms with E-state index in [9.17, 15) is 0 Å². The SMILES string of the molecule is c1ccc(P(c2ccccc2)N2C3CCC2c2ccccc23)cc1. The lowest BCUT2D eigenvalue weighted by atomic mass is 9.92. The molecule has 2 aliphatic heterocycles. The lowest BCUT2D eigenvalue weighted by Crippen LogP contribution is -2.26. The van der Waals surface area contributed by atoms with Crippen molar-refractivity contribution in [3.05, 3.63) is 96.1 Å². The Labute approximate surface area is 144 Å². The van der Waals surface area contributed by atoms with Crippen LogP contribution in [0.15, 0.2) is 84.9 Å². The summed E-state index contributed by atoms with van der Waals surface area (Å²) in [5, 5.41) is 2.92. The molecule has 0 radical (unpaired) electrons. The summed E-state index contributed by atoms with van der Waals surface area (Å²) >= 11 is 0. The lowest BCUT2D eigenvalue weighted by molar-refractivity contribution is 0.406. The van der Waals surface area contributed by atoms with Gasteiger partial charge in [0.1, 0.15) is 0 Å². The van der Waals surface area contributed by atoms with Gasteiger partial charge in [0.25, 0.3) is 0 Å². The lowest BCUT2D eigenvalue weighted by Gasteiger charge is -2.33. The second-order valence-corrected chi connectivity index (χ2v) is 8.72. The van der Waals surface area contributed by atoms with Crippen LogP contribution in [0, 0.1) is 0 Å². The molecule has 0 aromatic heterocycles. The van der Waals surface area contributed by atoms with Crippen LogP contribution in [-0.4, -0.2) is 4.67 Å². The second-order valence-electron chi connectivity index (χ2n) is 6.60. The molecule has 1 fully saturated rings. The third-order valence-electron chi connectivity index (χ3n) is 5.30. The van der Waals surface area contributed by atoms with Crippen LogP contribution in [0.3, 0.4) is 0 Å². The van der Waals surface area contributed by atoms with Crippen molar-refractivity contribution in [2.75, 3.05) is 0 Å². The molecule has 2 bridgehead atoms. The predicted molar refractivity (Wildman–Crippen MR) is 102 cm³/mol. The van der Waals surface area contributed by atoms with Gasteiger partial charge in [-0.1, -0.05) is 84.9 Å². The minimum Gasteiger partial charge on any atom is -0.260 e. The summed E-state index contributed by atoms with van der Waals surface area (Å²) in [6, 6.07) is 32.4. The normalized spacial score (nSPS) is 22.0. The van der Waals surface area contributed by atoms with Crippen molar-refractivity contribution in [2.45, 2.75) is 24.9 Å². The highest BCUT2D eigenvalue weighted by Gasteiger charge is 2.47. The van der Waals surface area contributed by atoms with E-state index in [1.807, 2.05) is 0 Å². The van der Waals surface area contributed by atoms with Gasteiger partial charge in [-0.05, 0) is 34.6 Å². The molecular weight excluding hydrogens is 309 g/mol. The largest absolute Gasteiger partial charge is 0.260 e. The highest BCUT2D eigenvalue weighted by molar-refractivity contribution is 7.70. The zero-order valence-corrected chi connectivity index (χ0v) is 14.4. The van der Waals surface area contributed by atoms with Crippen molar-refractivity contribution >= 4 is 18.7 Å². The molecule has 118 valence electrons. The molecule has 0 saturated carbocycles. The van der Waals surface area contributed by atoms with E-state index in [4.69, 9.17) is 0 Å². The average Bonchev–Trinajstić information content (AvgIpc) is 3.21. The molecule has 5 rings (SSSR count). The number of nitrogens with zero attached hydrogens (tertiary/aromatic N) is 1. The smallest absolute Gasteiger partial charge is 0.0401 e. The van der Waals surface area contributed by atoms with Crippen LogP contribution in [0.4, 0.5) is 0 Å². The van der Waals surface area contributed by atoms with Gasteiger partial charge in [-0.2, -0.15) is 0 Å². The molecule has 1 saturated heterocycles. The van der Waals surface area contributed by atoms with Crippen molar-refractivity contribution in [1.29, 1.82) is 0 Å². The van der Waals surface area contributed by atoms with E-state index in [0.717, 1.165) is 0 Å². The maximum atomic E-state index is 2.82. The summed E-state index contributed by atoms with van der Waals surface area (Å²) in [5.41, 5.74) is 3.13. The Kier molecular flexibility index (Phi) is 3.51. The standard InChI is InChI=1S/C22H20NP/c1-3-9-17(10-4-1)24(18-11-5-2-6-12-18)23-21-15-16-22(23)20-14-8-7-13-19(20)21/h1-14,21-22H,15-16H2. The molecule has 0 spiro atoms. The third-order valence-corrected chi connectivity index (χ3v) is 7.89. The van der Waals surface area contributed by atoms with Crippen molar-refractivity contribution in [2.24, 2.45) is 0 Å². The van der Waals surface area contributed by atoms with Gasteiger partial charge in [0.15, 0.2) is 0 Å². The van der Waals surface area contributed by atoms with Gasteiger partial charge in [0.05, 0.1) is 0 Å². The minimum absolute atomic E-state index is 0.481. The first-order valence-electron chi connectivity index (χ1n) is 8.71. The zero-order valence-electron chi connectivity index (χ0n) is 13.5. The van der Waals surface area contributed by atoms with Crippen LogP contribution >= 0.6 is 8.07 Å². The van der Waals surface area contributed by atoms with E-state index in [-0.39, 0.29) is 0 Å². The van der Waals surface area contributed by atoms with Gasteiger partial charge in [-0.3, -0.25) is 4.67 Å². The van der Waals surface area contributed by atoms with E-state index in [1.165, 1.54) is 23.5 Å². The molecule has 3 aromatic rings. The van der Waals surface area contributed by atoms with E-state index >= 15 is 0 Å². The molecule has 2 aliphatic rings. The van der Waals surface area contributed by atoms with Crippen LogP contribution in [0.25, 0.3) is 0 Å². The van der Waals surface area contributed by atoms with Crippen molar-refractivity contribution < 1.29 is 0 Å². The molecule has 0 amide bonds. The Morgan fingerprint density at radius 3 is 1.46 bits per heavy atom. The Hall–Kier alpha value is -1.95. The topological polar surface area (TPSA) is 3.24 Å². The maximum Gasteiger partial charge on any atom is 0.0401 e. The van der Waals surface area contributed by atoms with Gasteiger partial charge < -0.3 is 0 Å². The molecule has 3 aromatic carbocycles. The summed E-state index contributed by atoms with van der Waals surface area (Å²) in [4.78, 5) is 0. The molecule has 2 heterocycles. The average molecular weight is 329 g/mol. The Morgan fingerprint density at radius 1 is 0.583 bits per heavy atom. The van der Waals surface area contributed by atoms with Crippen LogP contribution in [0.1, 0.15) is 36.1 Å². The Balaban J connectivity index is 1.65. The number of hydrogen-bond donors (Lipinski definition) is 0. The summed E-state index contributed by atoms with van der Waals surface area (Å²) in [6.07, 6.45) is 2.58. The van der Waals surface area contributed by atoms with Crippen molar-refractivity contribution in [1.82, 2.24) is 4.67 Å². The molecule has 24 heavy (non-hydrogen) atoms. The fourth-order valence-corrected chi connectivity index (χ4v) is 7.12. The van der Waals surface area contributed by atoms with Crippen LogP contribution in [0.2, 0.25) is 0 Å². The first-order chi connectivity index (χ1) is 11.9. The number of hydrogen-bond acceptors (Lipinski definition) is 1. The monoisotopic (exact) mass is 329 g/mol. The Morgan fingerprint density at radius 2 is 1.00 bits per heavy atom. The van der Waals surface area contributed by atoms with Crippen LogP contribution < -0.4 is 10.6 Å². The van der Waals surface area contributed by atoms with E-state index < -0.39 is 8.07 Å². The van der Waals surface area contributed by atoms with Gasteiger partial charge in [0, 0.05) is 20.2 Å². The van der Waals surface area contributed by atoms with E-state index in [0.29, 0.717) is 12.1 Å². The maximum absolute atomic E-state index is 2.82. The number of benzene rings is 3. The van der Waals surface area contributed by atoms with Crippen LogP contribution in [-0.2, 0) is 0 Å². The summed E-state index contributed by atoms with van der Waals surface area (Å²) in [6.45, 7) is 0. The second kappa shape index (κ2) is 5.84. The minimum atomic E-state index is -0.481. The number of fused-ring (bicyclic) bond motifs is 5. The van der Waals surface area contributed by atoms with Gasteiger partial charge in [0.2, 0.25) is 0 Å². The van der Waals surface area contributed by atoms with E-state index in [1.54, 1.807) is 11.1 Å². The Bertz CT molecular complexity index is 776. The van der Waals surface area contributed by atoms with Gasteiger partial charge in [-0.15, -0.1) is 0 Å².